The molecule has 0 aliphatic rings. The number of hydrogen-bond acceptors (Lipinski definition) is 4. The Hall–Kier alpha value is -0.830. The second-order valence-electron chi connectivity index (χ2n) is 6.51. The SMILES string of the molecule is CN=C(NCCCCN(C)C(C)C)NCc1cc(C(C)C)no1.I. The topological polar surface area (TPSA) is 65.7 Å². The second kappa shape index (κ2) is 12.5. The summed E-state index contributed by atoms with van der Waals surface area (Å²) in [5.41, 5.74) is 0.985. The highest BCUT2D eigenvalue weighted by Crippen LogP contribution is 2.13. The van der Waals surface area contributed by atoms with Gasteiger partial charge in [-0.25, -0.2) is 0 Å². The number of aromatic nitrogens is 1. The lowest BCUT2D eigenvalue weighted by atomic mass is 10.1. The summed E-state index contributed by atoms with van der Waals surface area (Å²) in [6.45, 7) is 11.3. The van der Waals surface area contributed by atoms with Crippen molar-refractivity contribution in [2.45, 2.75) is 59.0 Å². The molecule has 0 saturated carbocycles. The van der Waals surface area contributed by atoms with Gasteiger partial charge in [0.2, 0.25) is 0 Å². The van der Waals surface area contributed by atoms with Crippen molar-refractivity contribution in [3.8, 4) is 0 Å². The number of rotatable bonds is 9. The fourth-order valence-corrected chi connectivity index (χ4v) is 2.03. The van der Waals surface area contributed by atoms with Crippen LogP contribution >= 0.6 is 24.0 Å². The van der Waals surface area contributed by atoms with Gasteiger partial charge in [-0.3, -0.25) is 4.99 Å². The van der Waals surface area contributed by atoms with E-state index in [1.54, 1.807) is 7.05 Å². The molecule has 1 aromatic rings. The smallest absolute Gasteiger partial charge is 0.191 e. The fourth-order valence-electron chi connectivity index (χ4n) is 2.03. The van der Waals surface area contributed by atoms with Crippen LogP contribution in [0.15, 0.2) is 15.6 Å². The molecule has 140 valence electrons. The van der Waals surface area contributed by atoms with Crippen molar-refractivity contribution in [3.05, 3.63) is 17.5 Å². The van der Waals surface area contributed by atoms with Crippen molar-refractivity contribution in [1.82, 2.24) is 20.7 Å². The molecular formula is C17H34IN5O. The Morgan fingerprint density at radius 1 is 1.25 bits per heavy atom. The zero-order chi connectivity index (χ0) is 17.2. The van der Waals surface area contributed by atoms with Crippen molar-refractivity contribution in [1.29, 1.82) is 0 Å². The van der Waals surface area contributed by atoms with Crippen LogP contribution in [-0.2, 0) is 6.54 Å². The van der Waals surface area contributed by atoms with Gasteiger partial charge in [0.25, 0.3) is 0 Å². The Morgan fingerprint density at radius 3 is 2.50 bits per heavy atom. The van der Waals surface area contributed by atoms with E-state index in [4.69, 9.17) is 4.52 Å². The van der Waals surface area contributed by atoms with Gasteiger partial charge in [0.05, 0.1) is 12.2 Å². The zero-order valence-electron chi connectivity index (χ0n) is 15.9. The normalized spacial score (nSPS) is 12.0. The monoisotopic (exact) mass is 451 g/mol. The molecule has 0 spiro atoms. The van der Waals surface area contributed by atoms with Crippen LogP contribution < -0.4 is 10.6 Å². The number of guanidine groups is 1. The number of hydrogen-bond donors (Lipinski definition) is 2. The number of unbranched alkanes of at least 4 members (excludes halogenated alkanes) is 1. The third-order valence-electron chi connectivity index (χ3n) is 3.93. The molecule has 0 radical (unpaired) electrons. The van der Waals surface area contributed by atoms with Crippen LogP contribution in [0.1, 0.15) is 57.9 Å². The maximum atomic E-state index is 5.31. The van der Waals surface area contributed by atoms with Gasteiger partial charge in [-0.2, -0.15) is 0 Å². The van der Waals surface area contributed by atoms with E-state index in [1.165, 1.54) is 6.42 Å². The molecule has 0 bridgehead atoms. The van der Waals surface area contributed by atoms with Gasteiger partial charge < -0.3 is 20.1 Å². The van der Waals surface area contributed by atoms with Gasteiger partial charge in [-0.1, -0.05) is 19.0 Å². The first kappa shape index (κ1) is 23.2. The molecule has 1 rings (SSSR count). The standard InChI is InChI=1S/C17H33N5O.HI/c1-13(2)16-11-15(23-21-16)12-20-17(18-5)19-9-7-8-10-22(6)14(3)4;/h11,13-14H,7-10,12H2,1-6H3,(H2,18,19,20);1H. The third-order valence-corrected chi connectivity index (χ3v) is 3.93. The van der Waals surface area contributed by atoms with Crippen molar-refractivity contribution >= 4 is 29.9 Å². The number of halogens is 1. The lowest BCUT2D eigenvalue weighted by Crippen LogP contribution is -2.37. The molecular weight excluding hydrogens is 417 g/mol. The highest BCUT2D eigenvalue weighted by Gasteiger charge is 2.08. The summed E-state index contributed by atoms with van der Waals surface area (Å²) in [4.78, 5) is 6.59. The van der Waals surface area contributed by atoms with Gasteiger partial charge in [0, 0.05) is 25.7 Å². The molecule has 1 heterocycles. The lowest BCUT2D eigenvalue weighted by molar-refractivity contribution is 0.268. The van der Waals surface area contributed by atoms with Crippen LogP contribution in [0.2, 0.25) is 0 Å². The van der Waals surface area contributed by atoms with Gasteiger partial charge in [-0.15, -0.1) is 24.0 Å². The van der Waals surface area contributed by atoms with E-state index in [0.717, 1.165) is 36.9 Å². The number of nitrogens with one attached hydrogen (secondary N) is 2. The summed E-state index contributed by atoms with van der Waals surface area (Å²) in [5.74, 6) is 2.01. The Bertz CT molecular complexity index is 473. The van der Waals surface area contributed by atoms with Gasteiger partial charge in [0.1, 0.15) is 0 Å². The molecule has 0 fully saturated rings. The minimum absolute atomic E-state index is 0. The largest absolute Gasteiger partial charge is 0.359 e. The van der Waals surface area contributed by atoms with Crippen molar-refractivity contribution < 1.29 is 4.52 Å². The first-order valence-corrected chi connectivity index (χ1v) is 8.54. The van der Waals surface area contributed by atoms with Crippen LogP contribution in [0, 0.1) is 0 Å². The summed E-state index contributed by atoms with van der Waals surface area (Å²) in [7, 11) is 3.95. The molecule has 24 heavy (non-hydrogen) atoms. The maximum absolute atomic E-state index is 5.31. The average Bonchev–Trinajstić information content (AvgIpc) is 2.98. The minimum atomic E-state index is 0. The summed E-state index contributed by atoms with van der Waals surface area (Å²) < 4.78 is 5.31. The molecule has 2 N–H and O–H groups in total. The maximum Gasteiger partial charge on any atom is 0.191 e. The second-order valence-corrected chi connectivity index (χ2v) is 6.51. The van der Waals surface area contributed by atoms with E-state index in [1.807, 2.05) is 6.07 Å². The molecule has 0 saturated heterocycles. The van der Waals surface area contributed by atoms with Crippen LogP contribution in [0.5, 0.6) is 0 Å². The van der Waals surface area contributed by atoms with E-state index in [9.17, 15) is 0 Å². The molecule has 7 heteroatoms. The van der Waals surface area contributed by atoms with E-state index >= 15 is 0 Å². The van der Waals surface area contributed by atoms with Gasteiger partial charge in [0.15, 0.2) is 11.7 Å². The van der Waals surface area contributed by atoms with Gasteiger partial charge in [-0.05, 0) is 46.2 Å². The number of nitrogens with zero attached hydrogens (tertiary/aromatic N) is 3. The molecule has 0 unspecified atom stereocenters. The third kappa shape index (κ3) is 8.86. The Kier molecular flexibility index (Phi) is 12.1. The molecule has 0 amide bonds. The van der Waals surface area contributed by atoms with Crippen molar-refractivity contribution in [3.63, 3.8) is 0 Å². The first-order valence-electron chi connectivity index (χ1n) is 8.54. The van der Waals surface area contributed by atoms with Crippen LogP contribution in [-0.4, -0.2) is 49.2 Å². The molecule has 1 aromatic heterocycles. The highest BCUT2D eigenvalue weighted by atomic mass is 127. The average molecular weight is 451 g/mol. The van der Waals surface area contributed by atoms with Crippen LogP contribution in [0.25, 0.3) is 0 Å². The predicted molar refractivity (Wildman–Crippen MR) is 111 cm³/mol. The van der Waals surface area contributed by atoms with E-state index in [0.29, 0.717) is 18.5 Å². The molecule has 0 aliphatic heterocycles. The van der Waals surface area contributed by atoms with Crippen molar-refractivity contribution in [2.24, 2.45) is 4.99 Å². The van der Waals surface area contributed by atoms with Gasteiger partial charge >= 0.3 is 0 Å². The summed E-state index contributed by atoms with van der Waals surface area (Å²) in [6.07, 6.45) is 2.30. The van der Waals surface area contributed by atoms with E-state index < -0.39 is 0 Å². The molecule has 6 nitrogen and oxygen atoms in total. The zero-order valence-corrected chi connectivity index (χ0v) is 18.3. The van der Waals surface area contributed by atoms with E-state index in [-0.39, 0.29) is 24.0 Å². The van der Waals surface area contributed by atoms with Crippen LogP contribution in [0.3, 0.4) is 0 Å². The van der Waals surface area contributed by atoms with Crippen LogP contribution in [0.4, 0.5) is 0 Å². The van der Waals surface area contributed by atoms with Crippen molar-refractivity contribution in [2.75, 3.05) is 27.2 Å². The molecule has 0 atom stereocenters. The Labute approximate surface area is 163 Å². The molecule has 0 aromatic carbocycles. The summed E-state index contributed by atoms with van der Waals surface area (Å²) in [5, 5.41) is 10.6. The minimum Gasteiger partial charge on any atom is -0.359 e. The number of aliphatic imine (C=N–C) groups is 1. The lowest BCUT2D eigenvalue weighted by Gasteiger charge is -2.20. The fraction of sp³-hybridized carbons (Fsp3) is 0.765. The Morgan fingerprint density at radius 2 is 1.96 bits per heavy atom. The van der Waals surface area contributed by atoms with E-state index in [2.05, 4.69) is 60.4 Å². The summed E-state index contributed by atoms with van der Waals surface area (Å²) in [6, 6.07) is 2.60. The molecule has 0 aliphatic carbocycles. The first-order chi connectivity index (χ1) is 10.9. The predicted octanol–water partition coefficient (Wildman–Crippen LogP) is 3.20. The Balaban J connectivity index is 0.00000529. The summed E-state index contributed by atoms with van der Waals surface area (Å²) >= 11 is 0. The quantitative estimate of drug-likeness (QED) is 0.261. The highest BCUT2D eigenvalue weighted by molar-refractivity contribution is 14.0.